The highest BCUT2D eigenvalue weighted by Gasteiger charge is 2.32. The summed E-state index contributed by atoms with van der Waals surface area (Å²) in [5.74, 6) is 0. The lowest BCUT2D eigenvalue weighted by Gasteiger charge is -2.39. The Morgan fingerprint density at radius 3 is 2.80 bits per heavy atom. The number of hydrogen-bond acceptors (Lipinski definition) is 3. The fourth-order valence-electron chi connectivity index (χ4n) is 3.92. The van der Waals surface area contributed by atoms with E-state index in [4.69, 9.17) is 0 Å². The van der Waals surface area contributed by atoms with E-state index in [0.717, 1.165) is 38.0 Å². The molecule has 5 heteroatoms. The number of likely N-dealkylation sites (tertiary alicyclic amines) is 2. The number of amides is 2. The van der Waals surface area contributed by atoms with Crippen LogP contribution in [0.3, 0.4) is 0 Å². The number of carbonyl (C=O) groups is 1. The number of hydrogen-bond donors (Lipinski definition) is 2. The van der Waals surface area contributed by atoms with Crippen molar-refractivity contribution in [1.29, 1.82) is 0 Å². The molecule has 2 heterocycles. The van der Waals surface area contributed by atoms with E-state index in [-0.39, 0.29) is 18.1 Å². The maximum absolute atomic E-state index is 12.6. The summed E-state index contributed by atoms with van der Waals surface area (Å²) in [5.41, 5.74) is 1.96. The Hall–Kier alpha value is -1.59. The van der Waals surface area contributed by atoms with E-state index in [1.165, 1.54) is 31.5 Å². The maximum atomic E-state index is 12.6. The molecule has 2 aliphatic rings. The standard InChI is InChI=1S/C20H31N3O2/c1-20(16-24)9-5-12-23(15-20)19(25)21-18-7-4-6-17(14-18)8-13-22-10-2-3-11-22/h4,6-7,14,24H,2-3,5,8-13,15-16H2,1H3,(H,21,25). The number of aliphatic hydroxyl groups is 1. The molecule has 5 nitrogen and oxygen atoms in total. The van der Waals surface area contributed by atoms with Gasteiger partial charge in [0, 0.05) is 30.7 Å². The second-order valence-corrected chi connectivity index (χ2v) is 7.92. The highest BCUT2D eigenvalue weighted by Crippen LogP contribution is 2.29. The molecule has 0 aromatic heterocycles. The largest absolute Gasteiger partial charge is 0.396 e. The molecule has 1 aromatic carbocycles. The molecule has 0 spiro atoms. The van der Waals surface area contributed by atoms with Gasteiger partial charge in [0.05, 0.1) is 6.61 Å². The summed E-state index contributed by atoms with van der Waals surface area (Å²) in [5, 5.41) is 12.6. The van der Waals surface area contributed by atoms with Gasteiger partial charge in [-0.1, -0.05) is 19.1 Å². The van der Waals surface area contributed by atoms with Crippen LogP contribution in [0, 0.1) is 5.41 Å². The fourth-order valence-corrected chi connectivity index (χ4v) is 3.92. The number of nitrogens with zero attached hydrogens (tertiary/aromatic N) is 2. The molecule has 2 saturated heterocycles. The summed E-state index contributed by atoms with van der Waals surface area (Å²) < 4.78 is 0. The summed E-state index contributed by atoms with van der Waals surface area (Å²) >= 11 is 0. The highest BCUT2D eigenvalue weighted by molar-refractivity contribution is 5.89. The van der Waals surface area contributed by atoms with E-state index in [0.29, 0.717) is 6.54 Å². The summed E-state index contributed by atoms with van der Waals surface area (Å²) in [6, 6.07) is 8.13. The third-order valence-corrected chi connectivity index (χ3v) is 5.54. The predicted octanol–water partition coefficient (Wildman–Crippen LogP) is 2.95. The van der Waals surface area contributed by atoms with Gasteiger partial charge in [-0.3, -0.25) is 0 Å². The molecule has 0 radical (unpaired) electrons. The topological polar surface area (TPSA) is 55.8 Å². The van der Waals surface area contributed by atoms with Gasteiger partial charge in [0.15, 0.2) is 0 Å². The Balaban J connectivity index is 1.54. The molecule has 0 aliphatic carbocycles. The van der Waals surface area contributed by atoms with Gasteiger partial charge in [-0.15, -0.1) is 0 Å². The molecule has 1 aromatic rings. The monoisotopic (exact) mass is 345 g/mol. The van der Waals surface area contributed by atoms with Gasteiger partial charge >= 0.3 is 6.03 Å². The molecule has 2 amide bonds. The first-order valence-electron chi connectivity index (χ1n) is 9.56. The third kappa shape index (κ3) is 4.95. The Morgan fingerprint density at radius 1 is 1.24 bits per heavy atom. The van der Waals surface area contributed by atoms with Gasteiger partial charge in [0.1, 0.15) is 0 Å². The van der Waals surface area contributed by atoms with E-state index in [1.54, 1.807) is 0 Å². The summed E-state index contributed by atoms with van der Waals surface area (Å²) in [6.45, 7) is 7.08. The molecule has 0 saturated carbocycles. The second-order valence-electron chi connectivity index (χ2n) is 7.92. The number of benzene rings is 1. The lowest BCUT2D eigenvalue weighted by Crippen LogP contribution is -2.47. The Bertz CT molecular complexity index is 586. The summed E-state index contributed by atoms with van der Waals surface area (Å²) in [4.78, 5) is 16.9. The van der Waals surface area contributed by atoms with E-state index >= 15 is 0 Å². The quantitative estimate of drug-likeness (QED) is 0.863. The van der Waals surface area contributed by atoms with Crippen LogP contribution in [0.4, 0.5) is 10.5 Å². The van der Waals surface area contributed by atoms with Crippen LogP contribution in [0.2, 0.25) is 0 Å². The molecule has 3 rings (SSSR count). The van der Waals surface area contributed by atoms with Crippen LogP contribution in [-0.4, -0.2) is 60.3 Å². The number of piperidine rings is 1. The molecule has 2 aliphatic heterocycles. The summed E-state index contributed by atoms with van der Waals surface area (Å²) in [6.07, 6.45) is 5.58. The molecule has 1 unspecified atom stereocenters. The predicted molar refractivity (Wildman–Crippen MR) is 101 cm³/mol. The smallest absolute Gasteiger partial charge is 0.321 e. The van der Waals surface area contributed by atoms with Gasteiger partial charge in [0.2, 0.25) is 0 Å². The first-order valence-corrected chi connectivity index (χ1v) is 9.56. The minimum atomic E-state index is -0.173. The Morgan fingerprint density at radius 2 is 2.04 bits per heavy atom. The Labute approximate surface area is 151 Å². The number of rotatable bonds is 5. The van der Waals surface area contributed by atoms with Gasteiger partial charge in [-0.2, -0.15) is 0 Å². The van der Waals surface area contributed by atoms with Crippen LogP contribution >= 0.6 is 0 Å². The molecule has 138 valence electrons. The molecule has 2 fully saturated rings. The van der Waals surface area contributed by atoms with Crippen molar-refractivity contribution in [1.82, 2.24) is 9.80 Å². The van der Waals surface area contributed by atoms with Crippen molar-refractivity contribution in [2.75, 3.05) is 44.6 Å². The minimum absolute atomic E-state index is 0.0592. The van der Waals surface area contributed by atoms with Crippen molar-refractivity contribution in [2.24, 2.45) is 5.41 Å². The van der Waals surface area contributed by atoms with Gasteiger partial charge < -0.3 is 20.2 Å². The Kier molecular flexibility index (Phi) is 5.97. The lowest BCUT2D eigenvalue weighted by atomic mass is 9.83. The SMILES string of the molecule is CC1(CO)CCCN(C(=O)Nc2cccc(CCN3CCCC3)c2)C1. The molecular formula is C20H31N3O2. The van der Waals surface area contributed by atoms with Crippen LogP contribution < -0.4 is 5.32 Å². The normalized spacial score (nSPS) is 24.5. The average Bonchev–Trinajstić information content (AvgIpc) is 3.14. The van der Waals surface area contributed by atoms with Gasteiger partial charge in [-0.05, 0) is 62.9 Å². The van der Waals surface area contributed by atoms with Gasteiger partial charge in [0.25, 0.3) is 0 Å². The summed E-state index contributed by atoms with van der Waals surface area (Å²) in [7, 11) is 0. The first-order chi connectivity index (χ1) is 12.1. The third-order valence-electron chi connectivity index (χ3n) is 5.54. The number of urea groups is 1. The molecule has 1 atom stereocenters. The lowest BCUT2D eigenvalue weighted by molar-refractivity contribution is 0.0648. The van der Waals surface area contributed by atoms with Crippen LogP contribution in [0.1, 0.15) is 38.2 Å². The zero-order valence-corrected chi connectivity index (χ0v) is 15.3. The second kappa shape index (κ2) is 8.19. The van der Waals surface area contributed by atoms with Crippen molar-refractivity contribution in [3.05, 3.63) is 29.8 Å². The molecule has 25 heavy (non-hydrogen) atoms. The number of carbonyl (C=O) groups excluding carboxylic acids is 1. The fraction of sp³-hybridized carbons (Fsp3) is 0.650. The zero-order chi connectivity index (χ0) is 17.7. The van der Waals surface area contributed by atoms with E-state index in [1.807, 2.05) is 24.0 Å². The average molecular weight is 345 g/mol. The van der Waals surface area contributed by atoms with Crippen LogP contribution in [0.25, 0.3) is 0 Å². The molecular weight excluding hydrogens is 314 g/mol. The van der Waals surface area contributed by atoms with E-state index in [9.17, 15) is 9.90 Å². The highest BCUT2D eigenvalue weighted by atomic mass is 16.3. The number of aliphatic hydroxyl groups excluding tert-OH is 1. The van der Waals surface area contributed by atoms with Crippen LogP contribution in [0.15, 0.2) is 24.3 Å². The van der Waals surface area contributed by atoms with E-state index in [2.05, 4.69) is 22.3 Å². The molecule has 0 bridgehead atoms. The van der Waals surface area contributed by atoms with Crippen LogP contribution in [-0.2, 0) is 6.42 Å². The van der Waals surface area contributed by atoms with Crippen molar-refractivity contribution >= 4 is 11.7 Å². The minimum Gasteiger partial charge on any atom is -0.396 e. The zero-order valence-electron chi connectivity index (χ0n) is 15.3. The molecule has 2 N–H and O–H groups in total. The van der Waals surface area contributed by atoms with Crippen molar-refractivity contribution in [3.8, 4) is 0 Å². The van der Waals surface area contributed by atoms with Gasteiger partial charge in [-0.25, -0.2) is 4.79 Å². The van der Waals surface area contributed by atoms with Crippen LogP contribution in [0.5, 0.6) is 0 Å². The van der Waals surface area contributed by atoms with Crippen molar-refractivity contribution < 1.29 is 9.90 Å². The maximum Gasteiger partial charge on any atom is 0.321 e. The number of anilines is 1. The number of nitrogens with one attached hydrogen (secondary N) is 1. The van der Waals surface area contributed by atoms with Crippen molar-refractivity contribution in [2.45, 2.75) is 39.0 Å². The first kappa shape index (κ1) is 18.2. The van der Waals surface area contributed by atoms with E-state index < -0.39 is 0 Å². The van der Waals surface area contributed by atoms with Crippen molar-refractivity contribution in [3.63, 3.8) is 0 Å².